The molecule has 0 spiro atoms. The van der Waals surface area contributed by atoms with Gasteiger partial charge >= 0.3 is 0 Å². The Hall–Kier alpha value is -1.55. The second-order valence-electron chi connectivity index (χ2n) is 6.03. The first-order valence-electron chi connectivity index (χ1n) is 8.03. The van der Waals surface area contributed by atoms with Crippen LogP contribution in [-0.4, -0.2) is 24.0 Å². The molecule has 3 rings (SSSR count). The number of nitrogens with two attached hydrogens (primary N) is 1. The van der Waals surface area contributed by atoms with Gasteiger partial charge in [0.05, 0.1) is 0 Å². The number of likely N-dealkylation sites (tertiary alicyclic amines) is 1. The largest absolute Gasteiger partial charge is 0.489 e. The highest BCUT2D eigenvalue weighted by atomic mass is 35.5. The molecule has 2 N–H and O–H groups in total. The first-order valence-corrected chi connectivity index (χ1v) is 8.03. The number of benzene rings is 2. The van der Waals surface area contributed by atoms with E-state index in [-0.39, 0.29) is 12.4 Å². The Morgan fingerprint density at radius 1 is 0.913 bits per heavy atom. The molecular weight excluding hydrogens is 308 g/mol. The van der Waals surface area contributed by atoms with E-state index >= 15 is 0 Å². The summed E-state index contributed by atoms with van der Waals surface area (Å²) in [6.07, 6.45) is 2.22. The Bertz CT molecular complexity index is 566. The van der Waals surface area contributed by atoms with Gasteiger partial charge in [-0.25, -0.2) is 0 Å². The summed E-state index contributed by atoms with van der Waals surface area (Å²) in [6.45, 7) is 3.83. The van der Waals surface area contributed by atoms with Crippen LogP contribution in [0.3, 0.4) is 0 Å². The molecule has 3 nitrogen and oxygen atoms in total. The van der Waals surface area contributed by atoms with E-state index in [1.54, 1.807) is 0 Å². The van der Waals surface area contributed by atoms with Crippen LogP contribution in [-0.2, 0) is 13.2 Å². The topological polar surface area (TPSA) is 38.5 Å². The predicted octanol–water partition coefficient (Wildman–Crippen LogP) is 3.61. The summed E-state index contributed by atoms with van der Waals surface area (Å²) in [5, 5.41) is 0. The van der Waals surface area contributed by atoms with Gasteiger partial charge in [0.1, 0.15) is 12.4 Å². The molecule has 124 valence electrons. The lowest BCUT2D eigenvalue weighted by molar-refractivity contribution is 0.205. The van der Waals surface area contributed by atoms with Gasteiger partial charge in [-0.3, -0.25) is 4.90 Å². The standard InChI is InChI=1S/C19H24N2O.ClH/c20-18-10-12-21(13-11-18)14-16-6-8-19(9-7-16)22-15-17-4-2-1-3-5-17;/h1-9,18H,10-15,20H2;1H. The third-order valence-corrected chi connectivity index (χ3v) is 4.21. The van der Waals surface area contributed by atoms with E-state index in [9.17, 15) is 0 Å². The van der Waals surface area contributed by atoms with Gasteiger partial charge in [-0.15, -0.1) is 12.4 Å². The van der Waals surface area contributed by atoms with Crippen molar-refractivity contribution >= 4 is 12.4 Å². The van der Waals surface area contributed by atoms with Gasteiger partial charge in [0.2, 0.25) is 0 Å². The first kappa shape index (κ1) is 17.8. The maximum absolute atomic E-state index is 5.95. The summed E-state index contributed by atoms with van der Waals surface area (Å²) in [5.74, 6) is 0.924. The summed E-state index contributed by atoms with van der Waals surface area (Å²) < 4.78 is 5.82. The summed E-state index contributed by atoms with van der Waals surface area (Å²) in [5.41, 5.74) is 8.47. The third kappa shape index (κ3) is 5.54. The molecule has 23 heavy (non-hydrogen) atoms. The zero-order valence-corrected chi connectivity index (χ0v) is 14.2. The van der Waals surface area contributed by atoms with Crippen LogP contribution in [0, 0.1) is 0 Å². The number of rotatable bonds is 5. The lowest BCUT2D eigenvalue weighted by atomic mass is 10.1. The van der Waals surface area contributed by atoms with Crippen LogP contribution in [0.25, 0.3) is 0 Å². The maximum atomic E-state index is 5.95. The highest BCUT2D eigenvalue weighted by Crippen LogP contribution is 2.17. The maximum Gasteiger partial charge on any atom is 0.119 e. The zero-order valence-electron chi connectivity index (χ0n) is 13.4. The molecule has 0 unspecified atom stereocenters. The lowest BCUT2D eigenvalue weighted by Gasteiger charge is -2.30. The Balaban J connectivity index is 0.00000192. The van der Waals surface area contributed by atoms with Gasteiger partial charge in [0.25, 0.3) is 0 Å². The smallest absolute Gasteiger partial charge is 0.119 e. The van der Waals surface area contributed by atoms with E-state index in [2.05, 4.69) is 41.3 Å². The molecule has 2 aromatic rings. The molecule has 0 radical (unpaired) electrons. The minimum atomic E-state index is 0. The highest BCUT2D eigenvalue weighted by molar-refractivity contribution is 5.85. The Morgan fingerprint density at radius 2 is 1.57 bits per heavy atom. The lowest BCUT2D eigenvalue weighted by Crippen LogP contribution is -2.39. The Labute approximate surface area is 144 Å². The average molecular weight is 333 g/mol. The van der Waals surface area contributed by atoms with Crippen LogP contribution >= 0.6 is 12.4 Å². The van der Waals surface area contributed by atoms with Crippen molar-refractivity contribution in [2.24, 2.45) is 5.73 Å². The fourth-order valence-corrected chi connectivity index (χ4v) is 2.80. The van der Waals surface area contributed by atoms with Crippen molar-refractivity contribution in [1.82, 2.24) is 4.90 Å². The molecule has 0 aliphatic carbocycles. The van der Waals surface area contributed by atoms with Crippen LogP contribution in [0.5, 0.6) is 5.75 Å². The number of ether oxygens (including phenoxy) is 1. The van der Waals surface area contributed by atoms with Crippen LogP contribution in [0.4, 0.5) is 0 Å². The van der Waals surface area contributed by atoms with Crippen molar-refractivity contribution in [2.45, 2.75) is 32.0 Å². The highest BCUT2D eigenvalue weighted by Gasteiger charge is 2.15. The number of piperidine rings is 1. The molecule has 1 heterocycles. The second kappa shape index (κ2) is 8.92. The van der Waals surface area contributed by atoms with Crippen molar-refractivity contribution in [3.63, 3.8) is 0 Å². The van der Waals surface area contributed by atoms with Gasteiger partial charge in [0.15, 0.2) is 0 Å². The van der Waals surface area contributed by atoms with E-state index in [0.717, 1.165) is 38.2 Å². The van der Waals surface area contributed by atoms with Crippen molar-refractivity contribution in [1.29, 1.82) is 0 Å². The minimum Gasteiger partial charge on any atom is -0.489 e. The molecule has 0 aromatic heterocycles. The van der Waals surface area contributed by atoms with Gasteiger partial charge in [-0.05, 0) is 49.2 Å². The van der Waals surface area contributed by atoms with E-state index in [1.807, 2.05) is 18.2 Å². The molecule has 1 fully saturated rings. The number of halogens is 1. The van der Waals surface area contributed by atoms with E-state index in [0.29, 0.717) is 12.6 Å². The predicted molar refractivity (Wildman–Crippen MR) is 97.0 cm³/mol. The normalized spacial score (nSPS) is 15.9. The zero-order chi connectivity index (χ0) is 15.2. The average Bonchev–Trinajstić information content (AvgIpc) is 2.57. The van der Waals surface area contributed by atoms with Crippen LogP contribution < -0.4 is 10.5 Å². The molecule has 1 aliphatic heterocycles. The molecule has 0 bridgehead atoms. The van der Waals surface area contributed by atoms with Crippen molar-refractivity contribution in [3.8, 4) is 5.75 Å². The molecule has 0 atom stereocenters. The van der Waals surface area contributed by atoms with Crippen LogP contribution in [0.2, 0.25) is 0 Å². The first-order chi connectivity index (χ1) is 10.8. The molecule has 1 aliphatic rings. The van der Waals surface area contributed by atoms with E-state index < -0.39 is 0 Å². The molecular formula is C19H25ClN2O. The van der Waals surface area contributed by atoms with E-state index in [4.69, 9.17) is 10.5 Å². The van der Waals surface area contributed by atoms with Gasteiger partial charge < -0.3 is 10.5 Å². The van der Waals surface area contributed by atoms with Gasteiger partial charge in [0, 0.05) is 12.6 Å². The van der Waals surface area contributed by atoms with Crippen molar-refractivity contribution < 1.29 is 4.74 Å². The fraction of sp³-hybridized carbons (Fsp3) is 0.368. The molecule has 4 heteroatoms. The van der Waals surface area contributed by atoms with Crippen LogP contribution in [0.1, 0.15) is 24.0 Å². The molecule has 2 aromatic carbocycles. The van der Waals surface area contributed by atoms with Crippen molar-refractivity contribution in [3.05, 3.63) is 65.7 Å². The summed E-state index contributed by atoms with van der Waals surface area (Å²) in [4.78, 5) is 2.48. The quantitative estimate of drug-likeness (QED) is 0.909. The SMILES string of the molecule is Cl.NC1CCN(Cc2ccc(OCc3ccccc3)cc2)CC1. The number of hydrogen-bond acceptors (Lipinski definition) is 3. The molecule has 0 amide bonds. The fourth-order valence-electron chi connectivity index (χ4n) is 2.80. The van der Waals surface area contributed by atoms with Gasteiger partial charge in [-0.2, -0.15) is 0 Å². The molecule has 1 saturated heterocycles. The summed E-state index contributed by atoms with van der Waals surface area (Å²) >= 11 is 0. The monoisotopic (exact) mass is 332 g/mol. The van der Waals surface area contributed by atoms with Gasteiger partial charge in [-0.1, -0.05) is 42.5 Å². The van der Waals surface area contributed by atoms with Crippen molar-refractivity contribution in [2.75, 3.05) is 13.1 Å². The Kier molecular flexibility index (Phi) is 6.90. The van der Waals surface area contributed by atoms with E-state index in [1.165, 1.54) is 11.1 Å². The number of nitrogens with zero attached hydrogens (tertiary/aromatic N) is 1. The number of hydrogen-bond donors (Lipinski definition) is 1. The summed E-state index contributed by atoms with van der Waals surface area (Å²) in [6, 6.07) is 19.1. The molecule has 0 saturated carbocycles. The summed E-state index contributed by atoms with van der Waals surface area (Å²) in [7, 11) is 0. The third-order valence-electron chi connectivity index (χ3n) is 4.21. The van der Waals surface area contributed by atoms with Crippen LogP contribution in [0.15, 0.2) is 54.6 Å². The minimum absolute atomic E-state index is 0. The Morgan fingerprint density at radius 3 is 2.22 bits per heavy atom. The second-order valence-corrected chi connectivity index (χ2v) is 6.03.